The molecular weight excluding hydrogens is 564 g/mol. The zero-order chi connectivity index (χ0) is 30.6. The van der Waals surface area contributed by atoms with Crippen LogP contribution in [0.5, 0.6) is 5.75 Å². The number of carbonyl (C=O) groups is 1. The normalized spacial score (nSPS) is 11.7. The largest absolute Gasteiger partial charge is 0.492 e. The second-order valence-electron chi connectivity index (χ2n) is 9.94. The Kier molecular flexibility index (Phi) is 8.43. The molecule has 2 heterocycles. The standard InChI is InChI=1S/C32H30N6O4S/c1-4-42-30-19-27-26(18-28(30)36-31(39)11-8-15-37(2)3)32(23(20-33)21-34-27)35-24-12-13-29-22(17-24)14-16-38(29)43(40,41)25-9-6-5-7-10-25/h5-14,16-19,21H,4,15H2,1-3H3,(H,34,35)(H,36,39). The smallest absolute Gasteiger partial charge is 0.268 e. The third kappa shape index (κ3) is 6.21. The van der Waals surface area contributed by atoms with Crippen molar-refractivity contribution in [3.05, 3.63) is 96.8 Å². The van der Waals surface area contributed by atoms with Gasteiger partial charge < -0.3 is 20.3 Å². The fraction of sp³-hybridized carbons (Fsp3) is 0.156. The molecule has 10 nitrogen and oxygen atoms in total. The molecular formula is C32H30N6O4S. The van der Waals surface area contributed by atoms with Crippen molar-refractivity contribution >= 4 is 54.8 Å². The van der Waals surface area contributed by atoms with Crippen molar-refractivity contribution in [3.63, 3.8) is 0 Å². The second kappa shape index (κ2) is 12.4. The average Bonchev–Trinajstić information content (AvgIpc) is 3.42. The van der Waals surface area contributed by atoms with E-state index in [-0.39, 0.29) is 10.8 Å². The van der Waals surface area contributed by atoms with Gasteiger partial charge in [-0.15, -0.1) is 0 Å². The molecule has 0 aliphatic rings. The molecule has 0 aliphatic heterocycles. The number of ether oxygens (including phenoxy) is 1. The van der Waals surface area contributed by atoms with Crippen molar-refractivity contribution in [2.75, 3.05) is 37.9 Å². The second-order valence-corrected chi connectivity index (χ2v) is 11.8. The van der Waals surface area contributed by atoms with Gasteiger partial charge >= 0.3 is 0 Å². The van der Waals surface area contributed by atoms with E-state index >= 15 is 0 Å². The Morgan fingerprint density at radius 1 is 1.12 bits per heavy atom. The molecule has 0 unspecified atom stereocenters. The zero-order valence-corrected chi connectivity index (χ0v) is 24.7. The number of aromatic nitrogens is 2. The number of benzene rings is 3. The van der Waals surface area contributed by atoms with E-state index in [0.717, 1.165) is 0 Å². The highest BCUT2D eigenvalue weighted by molar-refractivity contribution is 7.90. The lowest BCUT2D eigenvalue weighted by Crippen LogP contribution is -2.13. The minimum atomic E-state index is -3.78. The molecule has 0 saturated heterocycles. The van der Waals surface area contributed by atoms with Crippen LogP contribution in [0.4, 0.5) is 17.1 Å². The monoisotopic (exact) mass is 594 g/mol. The van der Waals surface area contributed by atoms with E-state index in [9.17, 15) is 18.5 Å². The lowest BCUT2D eigenvalue weighted by atomic mass is 10.1. The molecule has 11 heteroatoms. The third-order valence-electron chi connectivity index (χ3n) is 6.61. The number of hydrogen-bond donors (Lipinski definition) is 2. The summed E-state index contributed by atoms with van der Waals surface area (Å²) >= 11 is 0. The summed E-state index contributed by atoms with van der Waals surface area (Å²) in [6, 6.07) is 20.9. The summed E-state index contributed by atoms with van der Waals surface area (Å²) < 4.78 is 33.5. The zero-order valence-electron chi connectivity index (χ0n) is 23.9. The molecule has 5 aromatic rings. The maximum absolute atomic E-state index is 13.2. The summed E-state index contributed by atoms with van der Waals surface area (Å²) in [6.07, 6.45) is 6.22. The number of amides is 1. The van der Waals surface area contributed by atoms with Crippen LogP contribution in [0, 0.1) is 11.3 Å². The Hall–Kier alpha value is -5.18. The van der Waals surface area contributed by atoms with Crippen LogP contribution >= 0.6 is 0 Å². The van der Waals surface area contributed by atoms with Crippen LogP contribution in [-0.4, -0.2) is 55.4 Å². The van der Waals surface area contributed by atoms with Crippen molar-refractivity contribution in [3.8, 4) is 11.8 Å². The summed E-state index contributed by atoms with van der Waals surface area (Å²) in [5.74, 6) is 0.136. The first kappa shape index (κ1) is 29.3. The van der Waals surface area contributed by atoms with Crippen LogP contribution in [0.15, 0.2) is 96.2 Å². The molecule has 0 aliphatic carbocycles. The number of pyridine rings is 1. The van der Waals surface area contributed by atoms with E-state index < -0.39 is 10.0 Å². The van der Waals surface area contributed by atoms with Crippen LogP contribution in [0.3, 0.4) is 0 Å². The van der Waals surface area contributed by atoms with E-state index in [1.165, 1.54) is 22.4 Å². The number of hydrogen-bond acceptors (Lipinski definition) is 8. The fourth-order valence-electron chi connectivity index (χ4n) is 4.61. The molecule has 0 saturated carbocycles. The van der Waals surface area contributed by atoms with Crippen LogP contribution in [0.25, 0.3) is 21.8 Å². The van der Waals surface area contributed by atoms with Crippen LogP contribution in [0.1, 0.15) is 12.5 Å². The van der Waals surface area contributed by atoms with Crippen LogP contribution < -0.4 is 15.4 Å². The summed E-state index contributed by atoms with van der Waals surface area (Å²) in [5, 5.41) is 17.4. The number of fused-ring (bicyclic) bond motifs is 2. The van der Waals surface area contributed by atoms with E-state index in [0.29, 0.717) is 63.3 Å². The van der Waals surface area contributed by atoms with Crippen molar-refractivity contribution < 1.29 is 17.9 Å². The minimum absolute atomic E-state index is 0.194. The SMILES string of the molecule is CCOc1cc2ncc(C#N)c(Nc3ccc4c(ccn4S(=O)(=O)c4ccccc4)c3)c2cc1NC(=O)C=CCN(C)C. The quantitative estimate of drug-likeness (QED) is 0.203. The van der Waals surface area contributed by atoms with E-state index in [1.54, 1.807) is 66.7 Å². The molecule has 43 heavy (non-hydrogen) atoms. The van der Waals surface area contributed by atoms with Crippen molar-refractivity contribution in [1.82, 2.24) is 13.9 Å². The summed E-state index contributed by atoms with van der Waals surface area (Å²) in [5.41, 5.74) is 2.94. The number of carbonyl (C=O) groups excluding carboxylic acids is 1. The molecule has 0 spiro atoms. The highest BCUT2D eigenvalue weighted by Gasteiger charge is 2.19. The Bertz CT molecular complexity index is 1990. The van der Waals surface area contributed by atoms with Gasteiger partial charge in [-0.1, -0.05) is 24.3 Å². The number of anilines is 3. The van der Waals surface area contributed by atoms with Gasteiger partial charge in [0.25, 0.3) is 10.0 Å². The number of rotatable bonds is 10. The topological polar surface area (TPSA) is 129 Å². The Balaban J connectivity index is 1.53. The Morgan fingerprint density at radius 3 is 2.63 bits per heavy atom. The lowest BCUT2D eigenvalue weighted by molar-refractivity contribution is -0.111. The van der Waals surface area contributed by atoms with Gasteiger partial charge in [-0.3, -0.25) is 9.78 Å². The minimum Gasteiger partial charge on any atom is -0.492 e. The van der Waals surface area contributed by atoms with Crippen molar-refractivity contribution in [1.29, 1.82) is 5.26 Å². The van der Waals surface area contributed by atoms with E-state index in [2.05, 4.69) is 21.7 Å². The molecule has 218 valence electrons. The van der Waals surface area contributed by atoms with Crippen molar-refractivity contribution in [2.24, 2.45) is 0 Å². The van der Waals surface area contributed by atoms with Gasteiger partial charge in [-0.2, -0.15) is 5.26 Å². The average molecular weight is 595 g/mol. The maximum Gasteiger partial charge on any atom is 0.268 e. The molecule has 0 fully saturated rings. The molecule has 3 aromatic carbocycles. The highest BCUT2D eigenvalue weighted by atomic mass is 32.2. The Labute approximate surface area is 249 Å². The number of nitrogens with zero attached hydrogens (tertiary/aromatic N) is 4. The van der Waals surface area contributed by atoms with Gasteiger partial charge in [-0.25, -0.2) is 12.4 Å². The number of nitrogens with one attached hydrogen (secondary N) is 2. The molecule has 0 bridgehead atoms. The maximum atomic E-state index is 13.2. The summed E-state index contributed by atoms with van der Waals surface area (Å²) in [6.45, 7) is 2.84. The van der Waals surface area contributed by atoms with Crippen LogP contribution in [0.2, 0.25) is 0 Å². The molecule has 0 radical (unpaired) electrons. The predicted octanol–water partition coefficient (Wildman–Crippen LogP) is 5.50. The first-order valence-corrected chi connectivity index (χ1v) is 15.0. The predicted molar refractivity (Wildman–Crippen MR) is 168 cm³/mol. The van der Waals surface area contributed by atoms with E-state index in [1.807, 2.05) is 32.0 Å². The molecule has 2 N–H and O–H groups in total. The first-order chi connectivity index (χ1) is 20.7. The first-order valence-electron chi connectivity index (χ1n) is 13.5. The van der Waals surface area contributed by atoms with Gasteiger partial charge in [0.15, 0.2) is 0 Å². The summed E-state index contributed by atoms with van der Waals surface area (Å²) in [4.78, 5) is 19.3. The molecule has 1 amide bonds. The molecule has 0 atom stereocenters. The van der Waals surface area contributed by atoms with Gasteiger partial charge in [0, 0.05) is 47.5 Å². The van der Waals surface area contributed by atoms with Gasteiger partial charge in [0.2, 0.25) is 5.91 Å². The highest BCUT2D eigenvalue weighted by Crippen LogP contribution is 2.37. The third-order valence-corrected chi connectivity index (χ3v) is 8.32. The molecule has 2 aromatic heterocycles. The lowest BCUT2D eigenvalue weighted by Gasteiger charge is -2.16. The number of nitriles is 1. The van der Waals surface area contributed by atoms with E-state index in [4.69, 9.17) is 4.74 Å². The van der Waals surface area contributed by atoms with Crippen LogP contribution in [-0.2, 0) is 14.8 Å². The van der Waals surface area contributed by atoms with Gasteiger partial charge in [-0.05, 0) is 63.5 Å². The summed E-state index contributed by atoms with van der Waals surface area (Å²) in [7, 11) is 0.0434. The van der Waals surface area contributed by atoms with Gasteiger partial charge in [0.1, 0.15) is 11.8 Å². The van der Waals surface area contributed by atoms with Crippen molar-refractivity contribution in [2.45, 2.75) is 11.8 Å². The Morgan fingerprint density at radius 2 is 1.91 bits per heavy atom. The molecule has 5 rings (SSSR count). The fourth-order valence-corrected chi connectivity index (χ4v) is 5.99. The number of likely N-dealkylation sites (N-methyl/N-ethyl adjacent to an activating group) is 1. The van der Waals surface area contributed by atoms with Gasteiger partial charge in [0.05, 0.1) is 39.5 Å².